The Kier molecular flexibility index (Phi) is 5.90. The molecule has 0 aromatic carbocycles. The van der Waals surface area contributed by atoms with Crippen LogP contribution >= 0.6 is 0 Å². The monoisotopic (exact) mass is 388 g/mol. The number of carbonyl (C=O) groups is 1. The molecular formula is C19H28N6O3. The van der Waals surface area contributed by atoms with Crippen LogP contribution in [0.5, 0.6) is 0 Å². The van der Waals surface area contributed by atoms with Crippen molar-refractivity contribution in [2.24, 2.45) is 13.0 Å². The fourth-order valence-corrected chi connectivity index (χ4v) is 3.98. The number of carbonyl (C=O) groups excluding carboxylic acids is 1. The molecule has 1 N–H and O–H groups in total. The maximum atomic E-state index is 12.9. The van der Waals surface area contributed by atoms with Gasteiger partial charge in [0.25, 0.3) is 5.89 Å². The summed E-state index contributed by atoms with van der Waals surface area (Å²) in [6.07, 6.45) is 11.0. The molecule has 1 saturated heterocycles. The Balaban J connectivity index is 1.41. The molecule has 1 saturated carbocycles. The van der Waals surface area contributed by atoms with Crippen LogP contribution in [0.25, 0.3) is 11.5 Å². The molecule has 2 fully saturated rings. The molecule has 2 aliphatic rings. The van der Waals surface area contributed by atoms with Crippen molar-refractivity contribution in [2.75, 3.05) is 26.3 Å². The summed E-state index contributed by atoms with van der Waals surface area (Å²) in [4.78, 5) is 19.1. The van der Waals surface area contributed by atoms with Crippen molar-refractivity contribution in [1.29, 1.82) is 0 Å². The first-order valence-electron chi connectivity index (χ1n) is 10.2. The summed E-state index contributed by atoms with van der Waals surface area (Å²) in [5.41, 5.74) is 0.752. The number of nitrogens with one attached hydrogen (secondary N) is 1. The smallest absolute Gasteiger partial charge is 0.318 e. The molecule has 2 aromatic heterocycles. The number of rotatable bonds is 4. The number of aryl methyl sites for hydroxylation is 1. The van der Waals surface area contributed by atoms with Gasteiger partial charge in [0.15, 0.2) is 5.82 Å². The van der Waals surface area contributed by atoms with Gasteiger partial charge in [0.05, 0.1) is 25.0 Å². The van der Waals surface area contributed by atoms with Gasteiger partial charge in [-0.2, -0.15) is 10.1 Å². The summed E-state index contributed by atoms with van der Waals surface area (Å²) >= 11 is 0. The minimum absolute atomic E-state index is 0.0784. The van der Waals surface area contributed by atoms with E-state index in [4.69, 9.17) is 9.26 Å². The number of morpholine rings is 1. The van der Waals surface area contributed by atoms with Gasteiger partial charge in [-0.05, 0) is 18.8 Å². The Morgan fingerprint density at radius 2 is 2.11 bits per heavy atom. The van der Waals surface area contributed by atoms with E-state index in [1.807, 2.05) is 13.2 Å². The highest BCUT2D eigenvalue weighted by atomic mass is 16.5. The third-order valence-electron chi connectivity index (χ3n) is 5.60. The van der Waals surface area contributed by atoms with E-state index >= 15 is 0 Å². The van der Waals surface area contributed by atoms with E-state index in [1.54, 1.807) is 15.8 Å². The molecule has 2 amide bonds. The molecule has 1 unspecified atom stereocenters. The van der Waals surface area contributed by atoms with Crippen molar-refractivity contribution >= 4 is 6.03 Å². The Bertz CT molecular complexity index is 780. The lowest BCUT2D eigenvalue weighted by Crippen LogP contribution is -2.49. The van der Waals surface area contributed by atoms with Crippen LogP contribution in [0.1, 0.15) is 50.4 Å². The Morgan fingerprint density at radius 3 is 2.86 bits per heavy atom. The highest BCUT2D eigenvalue weighted by Gasteiger charge is 2.32. The lowest BCUT2D eigenvalue weighted by atomic mass is 10.0. The van der Waals surface area contributed by atoms with Crippen LogP contribution in [0.3, 0.4) is 0 Å². The third-order valence-corrected chi connectivity index (χ3v) is 5.60. The minimum atomic E-state index is -0.350. The molecule has 0 spiro atoms. The van der Waals surface area contributed by atoms with Gasteiger partial charge >= 0.3 is 6.03 Å². The zero-order valence-electron chi connectivity index (χ0n) is 16.3. The molecule has 1 atom stereocenters. The zero-order valence-corrected chi connectivity index (χ0v) is 16.3. The summed E-state index contributed by atoms with van der Waals surface area (Å²) in [5.74, 6) is 1.43. The SMILES string of the molecule is Cn1cc(-c2nc(C3COCCN3C(=O)NCC3CCCCCC3)no2)cn1. The molecule has 152 valence electrons. The third kappa shape index (κ3) is 4.35. The highest BCUT2D eigenvalue weighted by molar-refractivity contribution is 5.74. The van der Waals surface area contributed by atoms with Gasteiger partial charge in [-0.1, -0.05) is 30.8 Å². The Labute approximate surface area is 164 Å². The molecule has 2 aromatic rings. The fraction of sp³-hybridized carbons (Fsp3) is 0.684. The molecule has 4 rings (SSSR count). The largest absolute Gasteiger partial charge is 0.377 e. The Hall–Kier alpha value is -2.42. The van der Waals surface area contributed by atoms with Crippen molar-refractivity contribution in [3.63, 3.8) is 0 Å². The predicted octanol–water partition coefficient (Wildman–Crippen LogP) is 2.52. The zero-order chi connectivity index (χ0) is 19.3. The molecule has 28 heavy (non-hydrogen) atoms. The van der Waals surface area contributed by atoms with E-state index in [2.05, 4.69) is 20.6 Å². The van der Waals surface area contributed by atoms with Crippen LogP contribution in [-0.4, -0.2) is 57.2 Å². The summed E-state index contributed by atoms with van der Waals surface area (Å²) in [7, 11) is 1.83. The van der Waals surface area contributed by atoms with Gasteiger partial charge in [0.1, 0.15) is 6.04 Å². The van der Waals surface area contributed by atoms with E-state index in [-0.39, 0.29) is 12.1 Å². The standard InChI is InChI=1S/C19H28N6O3/c1-24-12-15(11-21-24)18-22-17(23-28-18)16-13-27-9-8-25(16)19(26)20-10-14-6-4-2-3-5-7-14/h11-12,14,16H,2-10,13H2,1H3,(H,20,26). The van der Waals surface area contributed by atoms with Crippen LogP contribution in [-0.2, 0) is 11.8 Å². The van der Waals surface area contributed by atoms with E-state index in [0.717, 1.165) is 12.1 Å². The quantitative estimate of drug-likeness (QED) is 0.808. The average molecular weight is 388 g/mol. The number of nitrogens with zero attached hydrogens (tertiary/aromatic N) is 5. The van der Waals surface area contributed by atoms with Crippen LogP contribution in [0.2, 0.25) is 0 Å². The fourth-order valence-electron chi connectivity index (χ4n) is 3.98. The minimum Gasteiger partial charge on any atom is -0.377 e. The normalized spacial score (nSPS) is 21.5. The number of hydrogen-bond acceptors (Lipinski definition) is 6. The van der Waals surface area contributed by atoms with Crippen molar-refractivity contribution in [2.45, 2.75) is 44.6 Å². The van der Waals surface area contributed by atoms with Gasteiger partial charge in [-0.15, -0.1) is 0 Å². The van der Waals surface area contributed by atoms with Crippen molar-refractivity contribution in [1.82, 2.24) is 30.1 Å². The second-order valence-electron chi connectivity index (χ2n) is 7.69. The van der Waals surface area contributed by atoms with E-state index < -0.39 is 0 Å². The first-order valence-corrected chi connectivity index (χ1v) is 10.2. The summed E-state index contributed by atoms with van der Waals surface area (Å²) < 4.78 is 12.6. The first kappa shape index (κ1) is 18.9. The average Bonchev–Trinajstić information content (AvgIpc) is 3.29. The Morgan fingerprint density at radius 1 is 1.29 bits per heavy atom. The second-order valence-corrected chi connectivity index (χ2v) is 7.69. The van der Waals surface area contributed by atoms with Gasteiger partial charge in [0, 0.05) is 26.3 Å². The molecule has 0 radical (unpaired) electrons. The maximum Gasteiger partial charge on any atom is 0.318 e. The number of urea groups is 1. The van der Waals surface area contributed by atoms with Crippen LogP contribution in [0.15, 0.2) is 16.9 Å². The molecule has 1 aliphatic heterocycles. The number of ether oxygens (including phenoxy) is 1. The van der Waals surface area contributed by atoms with Gasteiger partial charge < -0.3 is 19.5 Å². The molecule has 9 heteroatoms. The summed E-state index contributed by atoms with van der Waals surface area (Å²) in [5, 5.41) is 11.3. The summed E-state index contributed by atoms with van der Waals surface area (Å²) in [6, 6.07) is -0.428. The number of amides is 2. The molecule has 1 aliphatic carbocycles. The second kappa shape index (κ2) is 8.72. The van der Waals surface area contributed by atoms with Gasteiger partial charge in [-0.25, -0.2) is 4.79 Å². The number of aromatic nitrogens is 4. The topological polar surface area (TPSA) is 98.3 Å². The van der Waals surface area contributed by atoms with E-state index in [1.165, 1.54) is 38.5 Å². The van der Waals surface area contributed by atoms with Crippen molar-refractivity contribution in [3.05, 3.63) is 18.2 Å². The van der Waals surface area contributed by atoms with Crippen molar-refractivity contribution in [3.8, 4) is 11.5 Å². The van der Waals surface area contributed by atoms with Gasteiger partial charge in [0.2, 0.25) is 0 Å². The lowest BCUT2D eigenvalue weighted by Gasteiger charge is -2.34. The first-order chi connectivity index (χ1) is 13.7. The molecule has 3 heterocycles. The van der Waals surface area contributed by atoms with E-state index in [0.29, 0.717) is 37.4 Å². The van der Waals surface area contributed by atoms with Crippen LogP contribution < -0.4 is 5.32 Å². The predicted molar refractivity (Wildman–Crippen MR) is 101 cm³/mol. The van der Waals surface area contributed by atoms with E-state index in [9.17, 15) is 4.79 Å². The van der Waals surface area contributed by atoms with Gasteiger partial charge in [-0.3, -0.25) is 4.68 Å². The van der Waals surface area contributed by atoms with Crippen LogP contribution in [0.4, 0.5) is 4.79 Å². The highest BCUT2D eigenvalue weighted by Crippen LogP contribution is 2.26. The van der Waals surface area contributed by atoms with Crippen LogP contribution in [0, 0.1) is 5.92 Å². The molecule has 0 bridgehead atoms. The summed E-state index contributed by atoms with van der Waals surface area (Å²) in [6.45, 7) is 2.12. The number of hydrogen-bond donors (Lipinski definition) is 1. The molecule has 9 nitrogen and oxygen atoms in total. The molecular weight excluding hydrogens is 360 g/mol. The van der Waals surface area contributed by atoms with Crippen molar-refractivity contribution < 1.29 is 14.1 Å². The lowest BCUT2D eigenvalue weighted by molar-refractivity contribution is 0.00771. The maximum absolute atomic E-state index is 12.9.